The average molecular weight is 494 g/mol. The van der Waals surface area contributed by atoms with Crippen LogP contribution in [0.4, 0.5) is 5.69 Å². The molecule has 2 N–H and O–H groups in total. The Kier molecular flexibility index (Phi) is 8.86. The maximum Gasteiger partial charge on any atom is 0.271 e. The smallest absolute Gasteiger partial charge is 0.271 e. The van der Waals surface area contributed by atoms with E-state index in [0.29, 0.717) is 23.5 Å². The number of rotatable bonds is 9. The second-order valence-electron chi connectivity index (χ2n) is 7.91. The van der Waals surface area contributed by atoms with E-state index in [9.17, 15) is 9.59 Å². The van der Waals surface area contributed by atoms with Crippen LogP contribution in [0.2, 0.25) is 5.02 Å². The number of benzene rings is 3. The van der Waals surface area contributed by atoms with Gasteiger partial charge in [-0.3, -0.25) is 9.59 Å². The van der Waals surface area contributed by atoms with Crippen molar-refractivity contribution < 1.29 is 19.1 Å². The van der Waals surface area contributed by atoms with Crippen molar-refractivity contribution in [3.63, 3.8) is 0 Å². The van der Waals surface area contributed by atoms with Gasteiger partial charge in [-0.2, -0.15) is 5.10 Å². The Labute approximate surface area is 210 Å². The first-order valence-corrected chi connectivity index (χ1v) is 11.5. The van der Waals surface area contributed by atoms with Gasteiger partial charge in [0.15, 0.2) is 18.1 Å². The summed E-state index contributed by atoms with van der Waals surface area (Å²) in [5.74, 6) is -0.0230. The van der Waals surface area contributed by atoms with E-state index in [1.54, 1.807) is 24.3 Å². The second-order valence-corrected chi connectivity index (χ2v) is 8.32. The largest absolute Gasteiger partial charge is 0.490 e. The summed E-state index contributed by atoms with van der Waals surface area (Å²) in [5.41, 5.74) is 7.45. The zero-order valence-electron chi connectivity index (χ0n) is 20.1. The molecule has 0 fully saturated rings. The number of hydrogen-bond donors (Lipinski definition) is 2. The third-order valence-corrected chi connectivity index (χ3v) is 5.53. The minimum Gasteiger partial charge on any atom is -0.490 e. The van der Waals surface area contributed by atoms with Gasteiger partial charge in [0.2, 0.25) is 0 Å². The Balaban J connectivity index is 1.67. The summed E-state index contributed by atoms with van der Waals surface area (Å²) in [4.78, 5) is 24.7. The Hall–Kier alpha value is -3.84. The first-order valence-electron chi connectivity index (χ1n) is 11.1. The van der Waals surface area contributed by atoms with Crippen LogP contribution in [0, 0.1) is 20.8 Å². The SMILES string of the molecule is CCOc1cc(/C=N/NC(=O)c2ccc(C)cc2)cc(Cl)c1OCC(=O)Nc1cccc(C)c1C. The molecule has 8 heteroatoms. The number of halogens is 1. The average Bonchev–Trinajstić information content (AvgIpc) is 2.82. The third-order valence-electron chi connectivity index (χ3n) is 5.25. The van der Waals surface area contributed by atoms with Gasteiger partial charge >= 0.3 is 0 Å². The lowest BCUT2D eigenvalue weighted by molar-refractivity contribution is -0.118. The summed E-state index contributed by atoms with van der Waals surface area (Å²) in [6.07, 6.45) is 1.46. The normalized spacial score (nSPS) is 10.8. The molecule has 0 aliphatic rings. The van der Waals surface area contributed by atoms with Crippen LogP contribution in [0.1, 0.15) is 39.5 Å². The summed E-state index contributed by atoms with van der Waals surface area (Å²) < 4.78 is 11.4. The topological polar surface area (TPSA) is 89.0 Å². The fourth-order valence-electron chi connectivity index (χ4n) is 3.21. The molecule has 0 spiro atoms. The number of nitrogens with one attached hydrogen (secondary N) is 2. The van der Waals surface area contributed by atoms with Gasteiger partial charge in [0, 0.05) is 11.3 Å². The molecule has 3 aromatic rings. The van der Waals surface area contributed by atoms with Crippen LogP contribution in [-0.2, 0) is 4.79 Å². The van der Waals surface area contributed by atoms with Crippen molar-refractivity contribution in [3.05, 3.63) is 87.4 Å². The molecule has 182 valence electrons. The molecule has 2 amide bonds. The maximum absolute atomic E-state index is 12.5. The number of hydrazone groups is 1. The molecule has 0 heterocycles. The Morgan fingerprint density at radius 3 is 2.49 bits per heavy atom. The molecule has 0 bridgehead atoms. The summed E-state index contributed by atoms with van der Waals surface area (Å²) in [7, 11) is 0. The van der Waals surface area contributed by atoms with Crippen LogP contribution in [-0.4, -0.2) is 31.2 Å². The van der Waals surface area contributed by atoms with E-state index in [-0.39, 0.29) is 29.2 Å². The van der Waals surface area contributed by atoms with Gasteiger partial charge in [-0.05, 0) is 74.7 Å². The van der Waals surface area contributed by atoms with Crippen LogP contribution in [0.3, 0.4) is 0 Å². The highest BCUT2D eigenvalue weighted by Crippen LogP contribution is 2.36. The quantitative estimate of drug-likeness (QED) is 0.306. The fourth-order valence-corrected chi connectivity index (χ4v) is 3.48. The van der Waals surface area contributed by atoms with Crippen molar-refractivity contribution in [2.24, 2.45) is 5.10 Å². The fraction of sp³-hybridized carbons (Fsp3) is 0.222. The van der Waals surface area contributed by atoms with Gasteiger partial charge in [0.05, 0.1) is 17.8 Å². The number of ether oxygens (including phenoxy) is 2. The van der Waals surface area contributed by atoms with Crippen LogP contribution >= 0.6 is 11.6 Å². The molecule has 35 heavy (non-hydrogen) atoms. The highest BCUT2D eigenvalue weighted by molar-refractivity contribution is 6.32. The van der Waals surface area contributed by atoms with Crippen LogP contribution in [0.15, 0.2) is 59.7 Å². The third kappa shape index (κ3) is 7.07. The van der Waals surface area contributed by atoms with E-state index in [2.05, 4.69) is 15.8 Å². The van der Waals surface area contributed by atoms with Crippen molar-refractivity contribution in [2.75, 3.05) is 18.5 Å². The van der Waals surface area contributed by atoms with Crippen molar-refractivity contribution in [3.8, 4) is 11.5 Å². The van der Waals surface area contributed by atoms with E-state index in [1.807, 2.05) is 58.0 Å². The monoisotopic (exact) mass is 493 g/mol. The highest BCUT2D eigenvalue weighted by Gasteiger charge is 2.15. The number of aryl methyl sites for hydroxylation is 2. The van der Waals surface area contributed by atoms with Gasteiger partial charge in [-0.25, -0.2) is 5.43 Å². The van der Waals surface area contributed by atoms with Crippen molar-refractivity contribution in [1.82, 2.24) is 5.43 Å². The molecule has 0 aromatic heterocycles. The zero-order valence-corrected chi connectivity index (χ0v) is 20.9. The molecule has 0 aliphatic heterocycles. The van der Waals surface area contributed by atoms with E-state index in [0.717, 1.165) is 22.4 Å². The summed E-state index contributed by atoms with van der Waals surface area (Å²) in [6, 6.07) is 16.2. The summed E-state index contributed by atoms with van der Waals surface area (Å²) in [6.45, 7) is 7.82. The molecule has 3 rings (SSSR count). The predicted molar refractivity (Wildman–Crippen MR) is 139 cm³/mol. The first-order chi connectivity index (χ1) is 16.8. The molecule has 7 nitrogen and oxygen atoms in total. The Bertz CT molecular complexity index is 1240. The van der Waals surface area contributed by atoms with Gasteiger partial charge in [-0.1, -0.05) is 41.4 Å². The lowest BCUT2D eigenvalue weighted by Crippen LogP contribution is -2.21. The number of anilines is 1. The predicted octanol–water partition coefficient (Wildman–Crippen LogP) is 5.45. The van der Waals surface area contributed by atoms with Crippen molar-refractivity contribution in [1.29, 1.82) is 0 Å². The van der Waals surface area contributed by atoms with Gasteiger partial charge < -0.3 is 14.8 Å². The maximum atomic E-state index is 12.5. The van der Waals surface area contributed by atoms with E-state index in [4.69, 9.17) is 21.1 Å². The summed E-state index contributed by atoms with van der Waals surface area (Å²) >= 11 is 6.43. The van der Waals surface area contributed by atoms with E-state index < -0.39 is 0 Å². The molecular formula is C27H28ClN3O4. The molecule has 0 radical (unpaired) electrons. The van der Waals surface area contributed by atoms with E-state index >= 15 is 0 Å². The molecular weight excluding hydrogens is 466 g/mol. The van der Waals surface area contributed by atoms with Gasteiger partial charge in [0.1, 0.15) is 0 Å². The lowest BCUT2D eigenvalue weighted by Gasteiger charge is -2.15. The Morgan fingerprint density at radius 2 is 1.77 bits per heavy atom. The van der Waals surface area contributed by atoms with Crippen molar-refractivity contribution >= 4 is 35.3 Å². The number of nitrogens with zero attached hydrogens (tertiary/aromatic N) is 1. The minimum atomic E-state index is -0.327. The number of amides is 2. The van der Waals surface area contributed by atoms with Gasteiger partial charge in [0.25, 0.3) is 11.8 Å². The highest BCUT2D eigenvalue weighted by atomic mass is 35.5. The first kappa shape index (κ1) is 25.8. The Morgan fingerprint density at radius 1 is 1.03 bits per heavy atom. The molecule has 0 unspecified atom stereocenters. The number of carbonyl (C=O) groups is 2. The van der Waals surface area contributed by atoms with Crippen LogP contribution < -0.4 is 20.2 Å². The molecule has 0 saturated heterocycles. The van der Waals surface area contributed by atoms with Crippen LogP contribution in [0.25, 0.3) is 0 Å². The zero-order chi connectivity index (χ0) is 25.4. The number of hydrogen-bond acceptors (Lipinski definition) is 5. The van der Waals surface area contributed by atoms with Crippen molar-refractivity contribution in [2.45, 2.75) is 27.7 Å². The number of carbonyl (C=O) groups excluding carboxylic acids is 2. The van der Waals surface area contributed by atoms with Gasteiger partial charge in [-0.15, -0.1) is 0 Å². The molecule has 0 aliphatic carbocycles. The second kappa shape index (κ2) is 12.0. The standard InChI is InChI=1S/C27H28ClN3O4/c1-5-34-24-14-20(15-29-31-27(33)21-11-9-17(2)10-12-21)13-22(28)26(24)35-16-25(32)30-23-8-6-7-18(3)19(23)4/h6-15H,5,16H2,1-4H3,(H,30,32)(H,31,33)/b29-15+. The molecule has 0 atom stereocenters. The van der Waals surface area contributed by atoms with Crippen LogP contribution in [0.5, 0.6) is 11.5 Å². The minimum absolute atomic E-state index is 0.243. The summed E-state index contributed by atoms with van der Waals surface area (Å²) in [5, 5.41) is 7.11. The molecule has 0 saturated carbocycles. The van der Waals surface area contributed by atoms with E-state index in [1.165, 1.54) is 6.21 Å². The molecule has 3 aromatic carbocycles. The lowest BCUT2D eigenvalue weighted by atomic mass is 10.1.